The number of aryl methyl sites for hydroxylation is 1. The molecular weight excluding hydrogens is 343 g/mol. The third-order valence-electron chi connectivity index (χ3n) is 2.47. The average molecular weight is 356 g/mol. The summed E-state index contributed by atoms with van der Waals surface area (Å²) in [5, 5.41) is 6.84. The van der Waals surface area contributed by atoms with E-state index >= 15 is 0 Å². The third-order valence-corrected chi connectivity index (χ3v) is 3.03. The van der Waals surface area contributed by atoms with Gasteiger partial charge in [-0.1, -0.05) is 6.07 Å². The number of hydrogen-bond acceptors (Lipinski definition) is 3. The Bertz CT molecular complexity index is 579. The van der Waals surface area contributed by atoms with E-state index in [1.807, 2.05) is 25.3 Å². The standard InChI is InChI=1S/C12H13IN4O/c1-8-2-3-10(4-11(8)14)16-12(18)7-17-6-9(13)5-15-17/h2-6H,7,14H2,1H3,(H,16,18). The van der Waals surface area contributed by atoms with Crippen molar-refractivity contribution in [3.63, 3.8) is 0 Å². The van der Waals surface area contributed by atoms with Gasteiger partial charge in [-0.05, 0) is 47.2 Å². The zero-order chi connectivity index (χ0) is 13.1. The SMILES string of the molecule is Cc1ccc(NC(=O)Cn2cc(I)cn2)cc1N. The number of nitrogens with zero attached hydrogens (tertiary/aromatic N) is 2. The fourth-order valence-corrected chi connectivity index (χ4v) is 1.94. The van der Waals surface area contributed by atoms with Crippen molar-refractivity contribution in [1.29, 1.82) is 0 Å². The Hall–Kier alpha value is -1.57. The van der Waals surface area contributed by atoms with Gasteiger partial charge in [-0.25, -0.2) is 0 Å². The van der Waals surface area contributed by atoms with E-state index in [1.54, 1.807) is 16.9 Å². The predicted octanol–water partition coefficient (Wildman–Crippen LogP) is 2.02. The molecule has 0 aliphatic heterocycles. The zero-order valence-corrected chi connectivity index (χ0v) is 12.0. The van der Waals surface area contributed by atoms with Crippen molar-refractivity contribution in [2.45, 2.75) is 13.5 Å². The summed E-state index contributed by atoms with van der Waals surface area (Å²) in [6, 6.07) is 5.46. The van der Waals surface area contributed by atoms with Crippen LogP contribution in [0.25, 0.3) is 0 Å². The summed E-state index contributed by atoms with van der Waals surface area (Å²) < 4.78 is 2.59. The number of anilines is 2. The Labute approximate surface area is 119 Å². The van der Waals surface area contributed by atoms with Crippen LogP contribution in [0.3, 0.4) is 0 Å². The largest absolute Gasteiger partial charge is 0.398 e. The van der Waals surface area contributed by atoms with Gasteiger partial charge in [-0.2, -0.15) is 5.10 Å². The van der Waals surface area contributed by atoms with Gasteiger partial charge in [0.25, 0.3) is 0 Å². The van der Waals surface area contributed by atoms with Gasteiger partial charge in [0.15, 0.2) is 0 Å². The van der Waals surface area contributed by atoms with E-state index in [4.69, 9.17) is 5.73 Å². The highest BCUT2D eigenvalue weighted by molar-refractivity contribution is 14.1. The maximum absolute atomic E-state index is 11.8. The van der Waals surface area contributed by atoms with Gasteiger partial charge in [0, 0.05) is 17.6 Å². The minimum absolute atomic E-state index is 0.127. The second-order valence-corrected chi connectivity index (χ2v) is 5.22. The zero-order valence-electron chi connectivity index (χ0n) is 9.85. The smallest absolute Gasteiger partial charge is 0.246 e. The highest BCUT2D eigenvalue weighted by atomic mass is 127. The molecule has 0 aliphatic rings. The summed E-state index contributed by atoms with van der Waals surface area (Å²) in [4.78, 5) is 11.8. The Morgan fingerprint density at radius 2 is 2.33 bits per heavy atom. The molecule has 1 aromatic heterocycles. The number of aromatic nitrogens is 2. The van der Waals surface area contributed by atoms with Gasteiger partial charge in [0.05, 0.1) is 9.77 Å². The summed E-state index contributed by atoms with van der Waals surface area (Å²) in [6.45, 7) is 2.11. The molecule has 18 heavy (non-hydrogen) atoms. The number of rotatable bonds is 3. The maximum Gasteiger partial charge on any atom is 0.246 e. The minimum atomic E-state index is -0.127. The second-order valence-electron chi connectivity index (χ2n) is 3.98. The summed E-state index contributed by atoms with van der Waals surface area (Å²) in [5.74, 6) is -0.127. The molecule has 6 heteroatoms. The first-order valence-corrected chi connectivity index (χ1v) is 6.46. The molecule has 0 saturated carbocycles. The lowest BCUT2D eigenvalue weighted by Gasteiger charge is -2.07. The lowest BCUT2D eigenvalue weighted by molar-refractivity contribution is -0.116. The molecule has 0 bridgehead atoms. The molecule has 0 saturated heterocycles. The molecule has 1 aromatic carbocycles. The quantitative estimate of drug-likeness (QED) is 0.653. The number of nitrogen functional groups attached to an aromatic ring is 1. The summed E-state index contributed by atoms with van der Waals surface area (Å²) >= 11 is 2.15. The van der Waals surface area contributed by atoms with E-state index in [0.29, 0.717) is 11.4 Å². The lowest BCUT2D eigenvalue weighted by atomic mass is 10.2. The summed E-state index contributed by atoms with van der Waals surface area (Å²) in [6.07, 6.45) is 3.52. The molecule has 0 atom stereocenters. The Morgan fingerprint density at radius 3 is 2.94 bits per heavy atom. The van der Waals surface area contributed by atoms with Crippen LogP contribution < -0.4 is 11.1 Å². The molecule has 0 radical (unpaired) electrons. The van der Waals surface area contributed by atoms with Crippen LogP contribution in [0, 0.1) is 10.5 Å². The van der Waals surface area contributed by atoms with Gasteiger partial charge >= 0.3 is 0 Å². The molecule has 5 nitrogen and oxygen atoms in total. The topological polar surface area (TPSA) is 72.9 Å². The minimum Gasteiger partial charge on any atom is -0.398 e. The van der Waals surface area contributed by atoms with Crippen LogP contribution >= 0.6 is 22.6 Å². The molecule has 1 heterocycles. The Kier molecular flexibility index (Phi) is 3.85. The van der Waals surface area contributed by atoms with Crippen LogP contribution in [0.5, 0.6) is 0 Å². The summed E-state index contributed by atoms with van der Waals surface area (Å²) in [7, 11) is 0. The van der Waals surface area contributed by atoms with Crippen molar-refractivity contribution in [3.05, 3.63) is 39.7 Å². The lowest BCUT2D eigenvalue weighted by Crippen LogP contribution is -2.19. The van der Waals surface area contributed by atoms with Crippen LogP contribution in [0.4, 0.5) is 11.4 Å². The van der Waals surface area contributed by atoms with E-state index in [9.17, 15) is 4.79 Å². The van der Waals surface area contributed by atoms with Crippen molar-refractivity contribution in [3.8, 4) is 0 Å². The number of amides is 1. The van der Waals surface area contributed by atoms with Gasteiger partial charge < -0.3 is 11.1 Å². The fraction of sp³-hybridized carbons (Fsp3) is 0.167. The molecule has 0 spiro atoms. The van der Waals surface area contributed by atoms with Crippen molar-refractivity contribution >= 4 is 39.9 Å². The highest BCUT2D eigenvalue weighted by Gasteiger charge is 2.05. The predicted molar refractivity (Wildman–Crippen MR) is 79.2 cm³/mol. The van der Waals surface area contributed by atoms with E-state index in [2.05, 4.69) is 33.0 Å². The average Bonchev–Trinajstić information content (AvgIpc) is 2.69. The Morgan fingerprint density at radius 1 is 1.56 bits per heavy atom. The molecule has 2 rings (SSSR count). The fourth-order valence-electron chi connectivity index (χ4n) is 1.49. The molecule has 0 aliphatic carbocycles. The number of hydrogen-bond donors (Lipinski definition) is 2. The molecule has 0 unspecified atom stereocenters. The normalized spacial score (nSPS) is 10.3. The first kappa shape index (κ1) is 12.9. The number of carbonyl (C=O) groups excluding carboxylic acids is 1. The van der Waals surface area contributed by atoms with Crippen LogP contribution in [0.1, 0.15) is 5.56 Å². The number of carbonyl (C=O) groups is 1. The van der Waals surface area contributed by atoms with Gasteiger partial charge in [-0.3, -0.25) is 9.48 Å². The molecule has 1 amide bonds. The second kappa shape index (κ2) is 5.38. The van der Waals surface area contributed by atoms with Gasteiger partial charge in [-0.15, -0.1) is 0 Å². The number of halogens is 1. The molecule has 0 fully saturated rings. The van der Waals surface area contributed by atoms with Crippen molar-refractivity contribution in [2.24, 2.45) is 0 Å². The first-order valence-electron chi connectivity index (χ1n) is 5.38. The number of nitrogens with two attached hydrogens (primary N) is 1. The van der Waals surface area contributed by atoms with Gasteiger partial charge in [0.2, 0.25) is 5.91 Å². The molecule has 94 valence electrons. The molecule has 3 N–H and O–H groups in total. The van der Waals surface area contributed by atoms with E-state index < -0.39 is 0 Å². The van der Waals surface area contributed by atoms with Crippen LogP contribution in [0.15, 0.2) is 30.6 Å². The van der Waals surface area contributed by atoms with Crippen LogP contribution in [-0.4, -0.2) is 15.7 Å². The van der Waals surface area contributed by atoms with E-state index in [0.717, 1.165) is 9.13 Å². The third kappa shape index (κ3) is 3.22. The van der Waals surface area contributed by atoms with E-state index in [1.165, 1.54) is 0 Å². The Balaban J connectivity index is 2.00. The van der Waals surface area contributed by atoms with Gasteiger partial charge in [0.1, 0.15) is 6.54 Å². The monoisotopic (exact) mass is 356 g/mol. The van der Waals surface area contributed by atoms with Crippen molar-refractivity contribution in [1.82, 2.24) is 9.78 Å². The number of benzene rings is 1. The molecule has 2 aromatic rings. The van der Waals surface area contributed by atoms with E-state index in [-0.39, 0.29) is 12.5 Å². The van der Waals surface area contributed by atoms with Crippen molar-refractivity contribution in [2.75, 3.05) is 11.1 Å². The highest BCUT2D eigenvalue weighted by Crippen LogP contribution is 2.16. The summed E-state index contributed by atoms with van der Waals surface area (Å²) in [5.41, 5.74) is 8.14. The van der Waals surface area contributed by atoms with Crippen LogP contribution in [-0.2, 0) is 11.3 Å². The maximum atomic E-state index is 11.8. The number of nitrogens with one attached hydrogen (secondary N) is 1. The first-order chi connectivity index (χ1) is 8.54. The van der Waals surface area contributed by atoms with Crippen LogP contribution in [0.2, 0.25) is 0 Å². The van der Waals surface area contributed by atoms with Crippen molar-refractivity contribution < 1.29 is 4.79 Å². The molecular formula is C12H13IN4O.